The quantitative estimate of drug-likeness (QED) is 0.443. The van der Waals surface area contributed by atoms with Crippen LogP contribution in [0.2, 0.25) is 0 Å². The maximum Gasteiger partial charge on any atom is 0.193 e. The number of aryl methyl sites for hydroxylation is 1. The van der Waals surface area contributed by atoms with Gasteiger partial charge in [-0.1, -0.05) is 12.1 Å². The number of ether oxygens (including phenoxy) is 1. The van der Waals surface area contributed by atoms with Gasteiger partial charge in [0.2, 0.25) is 0 Å². The van der Waals surface area contributed by atoms with Crippen LogP contribution in [0.1, 0.15) is 24.0 Å². The lowest BCUT2D eigenvalue weighted by molar-refractivity contribution is 0.156. The van der Waals surface area contributed by atoms with Crippen molar-refractivity contribution in [1.82, 2.24) is 10.2 Å². The van der Waals surface area contributed by atoms with Crippen molar-refractivity contribution in [1.29, 1.82) is 0 Å². The smallest absolute Gasteiger partial charge is 0.193 e. The molecular formula is C17H25FIN3O. The van der Waals surface area contributed by atoms with Crippen molar-refractivity contribution < 1.29 is 9.13 Å². The van der Waals surface area contributed by atoms with E-state index in [4.69, 9.17) is 4.74 Å². The number of nitrogens with zero attached hydrogens (tertiary/aromatic N) is 2. The van der Waals surface area contributed by atoms with Gasteiger partial charge in [-0.15, -0.1) is 24.0 Å². The standard InChI is InChI=1S/C17H24FN3O.HI/c1-13-9-14(3-4-15(13)18)10-20-16(19-2)21-7-5-17(11-21)6-8-22-12-17;/h3-4,9H,5-8,10-12H2,1-2H3,(H,19,20);1H. The van der Waals surface area contributed by atoms with Crippen molar-refractivity contribution in [3.63, 3.8) is 0 Å². The molecule has 23 heavy (non-hydrogen) atoms. The topological polar surface area (TPSA) is 36.9 Å². The number of nitrogens with one attached hydrogen (secondary N) is 1. The molecule has 1 unspecified atom stereocenters. The van der Waals surface area contributed by atoms with Gasteiger partial charge in [-0.25, -0.2) is 4.39 Å². The Morgan fingerprint density at radius 1 is 1.43 bits per heavy atom. The summed E-state index contributed by atoms with van der Waals surface area (Å²) < 4.78 is 18.9. The van der Waals surface area contributed by atoms with Gasteiger partial charge < -0.3 is 15.0 Å². The summed E-state index contributed by atoms with van der Waals surface area (Å²) in [6, 6.07) is 5.22. The average Bonchev–Trinajstić information content (AvgIpc) is 3.14. The minimum Gasteiger partial charge on any atom is -0.381 e. The molecule has 1 spiro atoms. The van der Waals surface area contributed by atoms with Crippen molar-refractivity contribution >= 4 is 29.9 Å². The molecule has 2 aliphatic heterocycles. The van der Waals surface area contributed by atoms with E-state index in [0.29, 0.717) is 17.5 Å². The zero-order valence-corrected chi connectivity index (χ0v) is 16.1. The van der Waals surface area contributed by atoms with E-state index < -0.39 is 0 Å². The third kappa shape index (κ3) is 4.15. The third-order valence-electron chi connectivity index (χ3n) is 4.81. The summed E-state index contributed by atoms with van der Waals surface area (Å²) in [4.78, 5) is 6.71. The minimum absolute atomic E-state index is 0. The highest BCUT2D eigenvalue weighted by atomic mass is 127. The second-order valence-electron chi connectivity index (χ2n) is 6.46. The molecule has 2 saturated heterocycles. The molecule has 2 heterocycles. The van der Waals surface area contributed by atoms with Gasteiger partial charge in [0.25, 0.3) is 0 Å². The van der Waals surface area contributed by atoms with Gasteiger partial charge in [-0.2, -0.15) is 0 Å². The zero-order valence-electron chi connectivity index (χ0n) is 13.8. The number of hydrogen-bond acceptors (Lipinski definition) is 2. The summed E-state index contributed by atoms with van der Waals surface area (Å²) in [5.41, 5.74) is 2.07. The van der Waals surface area contributed by atoms with E-state index in [1.165, 1.54) is 12.5 Å². The highest BCUT2D eigenvalue weighted by molar-refractivity contribution is 14.0. The predicted molar refractivity (Wildman–Crippen MR) is 101 cm³/mol. The van der Waals surface area contributed by atoms with Crippen LogP contribution >= 0.6 is 24.0 Å². The number of hydrogen-bond donors (Lipinski definition) is 1. The van der Waals surface area contributed by atoms with E-state index in [1.54, 1.807) is 6.92 Å². The summed E-state index contributed by atoms with van der Waals surface area (Å²) in [6.45, 7) is 6.23. The second kappa shape index (κ2) is 7.79. The van der Waals surface area contributed by atoms with Crippen LogP contribution in [0.15, 0.2) is 23.2 Å². The van der Waals surface area contributed by atoms with Gasteiger partial charge >= 0.3 is 0 Å². The first-order valence-corrected chi connectivity index (χ1v) is 7.90. The summed E-state index contributed by atoms with van der Waals surface area (Å²) in [5, 5.41) is 3.39. The molecule has 128 valence electrons. The second-order valence-corrected chi connectivity index (χ2v) is 6.46. The SMILES string of the molecule is CN=C(NCc1ccc(F)c(C)c1)N1CCC2(CCOC2)C1.I. The number of rotatable bonds is 2. The highest BCUT2D eigenvalue weighted by Crippen LogP contribution is 2.38. The highest BCUT2D eigenvalue weighted by Gasteiger charge is 2.42. The molecule has 0 bridgehead atoms. The molecule has 1 aromatic rings. The fourth-order valence-corrected chi connectivity index (χ4v) is 3.42. The summed E-state index contributed by atoms with van der Waals surface area (Å²) in [6.07, 6.45) is 2.32. The average molecular weight is 433 g/mol. The normalized spacial score (nSPS) is 24.1. The van der Waals surface area contributed by atoms with Gasteiger partial charge in [0, 0.05) is 38.7 Å². The molecular weight excluding hydrogens is 408 g/mol. The summed E-state index contributed by atoms with van der Waals surface area (Å²) in [5.74, 6) is 0.765. The van der Waals surface area contributed by atoms with Crippen molar-refractivity contribution in [2.24, 2.45) is 10.4 Å². The van der Waals surface area contributed by atoms with Crippen LogP contribution in [-0.2, 0) is 11.3 Å². The third-order valence-corrected chi connectivity index (χ3v) is 4.81. The lowest BCUT2D eigenvalue weighted by Gasteiger charge is -2.25. The Bertz CT molecular complexity index is 573. The molecule has 1 aromatic carbocycles. The largest absolute Gasteiger partial charge is 0.381 e. The van der Waals surface area contributed by atoms with E-state index in [-0.39, 0.29) is 29.8 Å². The number of guanidine groups is 1. The van der Waals surface area contributed by atoms with Crippen molar-refractivity contribution in [2.75, 3.05) is 33.4 Å². The Labute approximate surface area is 154 Å². The van der Waals surface area contributed by atoms with E-state index >= 15 is 0 Å². The first-order valence-electron chi connectivity index (χ1n) is 7.90. The first kappa shape index (κ1) is 18.4. The minimum atomic E-state index is -0.157. The van der Waals surface area contributed by atoms with Gasteiger partial charge in [0.05, 0.1) is 6.61 Å². The van der Waals surface area contributed by atoms with Crippen LogP contribution in [0, 0.1) is 18.2 Å². The lowest BCUT2D eigenvalue weighted by atomic mass is 9.87. The van der Waals surface area contributed by atoms with Gasteiger partial charge in [0.15, 0.2) is 5.96 Å². The Morgan fingerprint density at radius 2 is 2.26 bits per heavy atom. The fourth-order valence-electron chi connectivity index (χ4n) is 3.42. The van der Waals surface area contributed by atoms with Crippen LogP contribution in [-0.4, -0.2) is 44.2 Å². The molecule has 0 amide bonds. The van der Waals surface area contributed by atoms with Crippen molar-refractivity contribution in [3.05, 3.63) is 35.1 Å². The first-order chi connectivity index (χ1) is 10.6. The van der Waals surface area contributed by atoms with Gasteiger partial charge in [0.1, 0.15) is 5.82 Å². The lowest BCUT2D eigenvalue weighted by Crippen LogP contribution is -2.41. The number of aliphatic imine (C=N–C) groups is 1. The Kier molecular flexibility index (Phi) is 6.25. The van der Waals surface area contributed by atoms with Crippen LogP contribution in [0.4, 0.5) is 4.39 Å². The molecule has 0 aromatic heterocycles. The van der Waals surface area contributed by atoms with Crippen LogP contribution in [0.3, 0.4) is 0 Å². The molecule has 3 rings (SSSR count). The molecule has 0 saturated carbocycles. The van der Waals surface area contributed by atoms with E-state index in [9.17, 15) is 4.39 Å². The van der Waals surface area contributed by atoms with E-state index in [1.807, 2.05) is 19.2 Å². The predicted octanol–water partition coefficient (Wildman–Crippen LogP) is 2.94. The van der Waals surface area contributed by atoms with Crippen molar-refractivity contribution in [3.8, 4) is 0 Å². The zero-order chi connectivity index (χ0) is 15.6. The van der Waals surface area contributed by atoms with E-state index in [2.05, 4.69) is 15.2 Å². The van der Waals surface area contributed by atoms with Crippen molar-refractivity contribution in [2.45, 2.75) is 26.3 Å². The van der Waals surface area contributed by atoms with Crippen LogP contribution in [0.25, 0.3) is 0 Å². The molecule has 6 heteroatoms. The Balaban J connectivity index is 0.00000192. The van der Waals surface area contributed by atoms with Gasteiger partial charge in [-0.3, -0.25) is 4.99 Å². The molecule has 0 radical (unpaired) electrons. The number of halogens is 2. The molecule has 0 aliphatic carbocycles. The molecule has 2 aliphatic rings. The maximum atomic E-state index is 13.3. The Hall–Kier alpha value is -0.890. The molecule has 1 atom stereocenters. The van der Waals surface area contributed by atoms with Crippen LogP contribution in [0.5, 0.6) is 0 Å². The maximum absolute atomic E-state index is 13.3. The van der Waals surface area contributed by atoms with Gasteiger partial charge in [-0.05, 0) is 37.0 Å². The monoisotopic (exact) mass is 433 g/mol. The molecule has 2 fully saturated rings. The Morgan fingerprint density at radius 3 is 2.91 bits per heavy atom. The van der Waals surface area contributed by atoms with E-state index in [0.717, 1.165) is 44.2 Å². The number of benzene rings is 1. The van der Waals surface area contributed by atoms with Crippen LogP contribution < -0.4 is 5.32 Å². The molecule has 1 N–H and O–H groups in total. The summed E-state index contributed by atoms with van der Waals surface area (Å²) >= 11 is 0. The number of likely N-dealkylation sites (tertiary alicyclic amines) is 1. The molecule has 4 nitrogen and oxygen atoms in total. The fraction of sp³-hybridized carbons (Fsp3) is 0.588. The summed E-state index contributed by atoms with van der Waals surface area (Å²) in [7, 11) is 1.81.